The average Bonchev–Trinajstić information content (AvgIpc) is 2.79. The summed E-state index contributed by atoms with van der Waals surface area (Å²) in [6.45, 7) is 0. The first kappa shape index (κ1) is 18.4. The number of benzene rings is 3. The van der Waals surface area contributed by atoms with Crippen LogP contribution in [0.3, 0.4) is 0 Å². The Balaban J connectivity index is 1.87. The minimum atomic E-state index is 0.111. The second kappa shape index (κ2) is 7.98. The summed E-state index contributed by atoms with van der Waals surface area (Å²) in [5.41, 5.74) is 2.18. The molecule has 6 heteroatoms. The lowest BCUT2D eigenvalue weighted by Gasteiger charge is -2.10. The van der Waals surface area contributed by atoms with E-state index in [1.54, 1.807) is 32.4 Å². The summed E-state index contributed by atoms with van der Waals surface area (Å²) < 4.78 is 10.5. The largest absolute Gasteiger partial charge is 0.507 e. The van der Waals surface area contributed by atoms with Crippen LogP contribution in [0, 0.1) is 0 Å². The molecule has 1 heterocycles. The number of rotatable bonds is 5. The third-order valence-electron chi connectivity index (χ3n) is 4.48. The van der Waals surface area contributed by atoms with Gasteiger partial charge in [0, 0.05) is 11.1 Å². The molecular formula is C23H19N3O3. The molecule has 0 aliphatic heterocycles. The molecule has 0 aliphatic rings. The van der Waals surface area contributed by atoms with Gasteiger partial charge in [0.2, 0.25) is 0 Å². The van der Waals surface area contributed by atoms with Crippen LogP contribution in [0.2, 0.25) is 0 Å². The molecule has 0 aliphatic carbocycles. The molecular weight excluding hydrogens is 366 g/mol. The van der Waals surface area contributed by atoms with Gasteiger partial charge in [0.25, 0.3) is 0 Å². The number of hydrogen-bond acceptors (Lipinski definition) is 6. The van der Waals surface area contributed by atoms with Crippen LogP contribution in [0.15, 0.2) is 72.8 Å². The first-order valence-corrected chi connectivity index (χ1v) is 9.01. The van der Waals surface area contributed by atoms with Crippen molar-refractivity contribution in [2.75, 3.05) is 14.2 Å². The zero-order valence-electron chi connectivity index (χ0n) is 16.0. The molecule has 1 aromatic heterocycles. The van der Waals surface area contributed by atoms with E-state index in [0.29, 0.717) is 23.0 Å². The van der Waals surface area contributed by atoms with Gasteiger partial charge in [-0.1, -0.05) is 12.1 Å². The molecule has 0 spiro atoms. The van der Waals surface area contributed by atoms with Crippen molar-refractivity contribution in [1.82, 2.24) is 15.0 Å². The van der Waals surface area contributed by atoms with Crippen molar-refractivity contribution in [3.8, 4) is 51.4 Å². The summed E-state index contributed by atoms with van der Waals surface area (Å²) in [6, 6.07) is 21.9. The van der Waals surface area contributed by atoms with Crippen molar-refractivity contribution in [2.45, 2.75) is 0 Å². The highest BCUT2D eigenvalue weighted by molar-refractivity contribution is 5.69. The highest BCUT2D eigenvalue weighted by atomic mass is 16.5. The summed E-state index contributed by atoms with van der Waals surface area (Å²) in [5, 5.41) is 10.3. The number of phenolic OH excluding ortho intramolecular Hbond substituents is 1. The van der Waals surface area contributed by atoms with Gasteiger partial charge in [0.15, 0.2) is 17.5 Å². The Morgan fingerprint density at radius 3 is 1.48 bits per heavy atom. The van der Waals surface area contributed by atoms with Gasteiger partial charge in [0.1, 0.15) is 17.2 Å². The number of methoxy groups -OCH3 is 2. The molecule has 0 amide bonds. The predicted molar refractivity (Wildman–Crippen MR) is 111 cm³/mol. The van der Waals surface area contributed by atoms with Gasteiger partial charge in [0.05, 0.1) is 19.8 Å². The summed E-state index contributed by atoms with van der Waals surface area (Å²) in [5.74, 6) is 3.02. The van der Waals surface area contributed by atoms with Gasteiger partial charge in [-0.25, -0.2) is 15.0 Å². The molecule has 144 valence electrons. The highest BCUT2D eigenvalue weighted by Gasteiger charge is 2.14. The Morgan fingerprint density at radius 2 is 1.03 bits per heavy atom. The van der Waals surface area contributed by atoms with E-state index < -0.39 is 0 Å². The molecule has 4 rings (SSSR count). The molecule has 0 fully saturated rings. The van der Waals surface area contributed by atoms with Crippen LogP contribution < -0.4 is 9.47 Å². The SMILES string of the molecule is COc1ccc(-c2nc(-c3ccc(OC)cc3)nc(-c3ccccc3O)n2)cc1. The van der Waals surface area contributed by atoms with E-state index in [2.05, 4.69) is 15.0 Å². The van der Waals surface area contributed by atoms with E-state index in [4.69, 9.17) is 9.47 Å². The Bertz CT molecular complexity index is 1060. The molecule has 0 unspecified atom stereocenters. The number of para-hydroxylation sites is 1. The van der Waals surface area contributed by atoms with Crippen LogP contribution in [0.1, 0.15) is 0 Å². The molecule has 0 saturated heterocycles. The van der Waals surface area contributed by atoms with E-state index in [9.17, 15) is 5.11 Å². The Morgan fingerprint density at radius 1 is 0.586 bits per heavy atom. The fraction of sp³-hybridized carbons (Fsp3) is 0.0870. The highest BCUT2D eigenvalue weighted by Crippen LogP contribution is 2.30. The van der Waals surface area contributed by atoms with E-state index in [0.717, 1.165) is 22.6 Å². The molecule has 0 bridgehead atoms. The van der Waals surface area contributed by atoms with E-state index in [-0.39, 0.29) is 5.75 Å². The zero-order valence-corrected chi connectivity index (χ0v) is 16.0. The molecule has 0 atom stereocenters. The zero-order chi connectivity index (χ0) is 20.2. The van der Waals surface area contributed by atoms with Gasteiger partial charge >= 0.3 is 0 Å². The maximum absolute atomic E-state index is 10.3. The number of nitrogens with zero attached hydrogens (tertiary/aromatic N) is 3. The van der Waals surface area contributed by atoms with Crippen molar-refractivity contribution >= 4 is 0 Å². The van der Waals surface area contributed by atoms with E-state index in [1.165, 1.54) is 0 Å². The molecule has 6 nitrogen and oxygen atoms in total. The van der Waals surface area contributed by atoms with Gasteiger partial charge in [-0.2, -0.15) is 0 Å². The number of ether oxygens (including phenoxy) is 2. The monoisotopic (exact) mass is 385 g/mol. The Kier molecular flexibility index (Phi) is 5.07. The standard InChI is InChI=1S/C23H19N3O3/c1-28-17-11-7-15(8-12-17)21-24-22(16-9-13-18(29-2)14-10-16)26-23(25-21)19-5-3-4-6-20(19)27/h3-14,27H,1-2H3. The summed E-state index contributed by atoms with van der Waals surface area (Å²) in [7, 11) is 3.24. The van der Waals surface area contributed by atoms with Crippen molar-refractivity contribution in [3.63, 3.8) is 0 Å². The smallest absolute Gasteiger partial charge is 0.167 e. The van der Waals surface area contributed by atoms with Gasteiger partial charge < -0.3 is 14.6 Å². The number of aromatic nitrogens is 3. The molecule has 3 aromatic carbocycles. The van der Waals surface area contributed by atoms with Crippen molar-refractivity contribution in [3.05, 3.63) is 72.8 Å². The second-order valence-electron chi connectivity index (χ2n) is 6.28. The topological polar surface area (TPSA) is 77.4 Å². The number of hydrogen-bond donors (Lipinski definition) is 1. The first-order chi connectivity index (χ1) is 14.2. The third-order valence-corrected chi connectivity index (χ3v) is 4.48. The molecule has 1 N–H and O–H groups in total. The number of aromatic hydroxyl groups is 1. The first-order valence-electron chi connectivity index (χ1n) is 9.01. The lowest BCUT2D eigenvalue weighted by Crippen LogP contribution is -2.00. The van der Waals surface area contributed by atoms with Crippen LogP contribution in [0.4, 0.5) is 0 Å². The number of phenols is 1. The van der Waals surface area contributed by atoms with Gasteiger partial charge in [-0.3, -0.25) is 0 Å². The Labute approximate surface area is 168 Å². The molecule has 4 aromatic rings. The van der Waals surface area contributed by atoms with Crippen molar-refractivity contribution in [1.29, 1.82) is 0 Å². The van der Waals surface area contributed by atoms with E-state index in [1.807, 2.05) is 54.6 Å². The lowest BCUT2D eigenvalue weighted by atomic mass is 10.1. The normalized spacial score (nSPS) is 10.6. The fourth-order valence-electron chi connectivity index (χ4n) is 2.90. The maximum atomic E-state index is 10.3. The van der Waals surface area contributed by atoms with Crippen molar-refractivity contribution < 1.29 is 14.6 Å². The van der Waals surface area contributed by atoms with Crippen LogP contribution in [-0.4, -0.2) is 34.3 Å². The summed E-state index contributed by atoms with van der Waals surface area (Å²) in [4.78, 5) is 13.9. The van der Waals surface area contributed by atoms with E-state index >= 15 is 0 Å². The fourth-order valence-corrected chi connectivity index (χ4v) is 2.90. The van der Waals surface area contributed by atoms with Crippen LogP contribution in [0.5, 0.6) is 17.2 Å². The van der Waals surface area contributed by atoms with Gasteiger partial charge in [-0.05, 0) is 60.7 Å². The predicted octanol–water partition coefficient (Wildman–Crippen LogP) is 4.60. The third kappa shape index (κ3) is 3.87. The lowest BCUT2D eigenvalue weighted by molar-refractivity contribution is 0.415. The summed E-state index contributed by atoms with van der Waals surface area (Å²) in [6.07, 6.45) is 0. The molecule has 0 radical (unpaired) electrons. The maximum Gasteiger partial charge on any atom is 0.167 e. The van der Waals surface area contributed by atoms with Crippen LogP contribution in [-0.2, 0) is 0 Å². The Hall–Kier alpha value is -3.93. The van der Waals surface area contributed by atoms with Crippen LogP contribution in [0.25, 0.3) is 34.2 Å². The summed E-state index contributed by atoms with van der Waals surface area (Å²) >= 11 is 0. The second-order valence-corrected chi connectivity index (χ2v) is 6.28. The van der Waals surface area contributed by atoms with Crippen molar-refractivity contribution in [2.24, 2.45) is 0 Å². The quantitative estimate of drug-likeness (QED) is 0.541. The van der Waals surface area contributed by atoms with Crippen LogP contribution >= 0.6 is 0 Å². The minimum Gasteiger partial charge on any atom is -0.507 e. The average molecular weight is 385 g/mol. The minimum absolute atomic E-state index is 0.111. The molecule has 29 heavy (non-hydrogen) atoms. The molecule has 0 saturated carbocycles. The van der Waals surface area contributed by atoms with Gasteiger partial charge in [-0.15, -0.1) is 0 Å².